The first-order valence-corrected chi connectivity index (χ1v) is 10.5. The molecule has 3 rings (SSSR count). The van der Waals surface area contributed by atoms with Crippen LogP contribution in [0, 0.1) is 0 Å². The van der Waals surface area contributed by atoms with Gasteiger partial charge in [0.25, 0.3) is 5.91 Å². The Morgan fingerprint density at radius 2 is 1.69 bits per heavy atom. The summed E-state index contributed by atoms with van der Waals surface area (Å²) in [6.45, 7) is 3.17. The van der Waals surface area contributed by atoms with Gasteiger partial charge in [-0.2, -0.15) is 0 Å². The first kappa shape index (κ1) is 20.7. The maximum Gasteiger partial charge on any atom is 0.257 e. The molecule has 2 aromatic carbocycles. The van der Waals surface area contributed by atoms with E-state index in [-0.39, 0.29) is 22.9 Å². The summed E-state index contributed by atoms with van der Waals surface area (Å²) in [5.41, 5.74) is 1.07. The SMILES string of the molecule is CC(=O)N(C1CC(=O)N(c2ccc(S(N)(=O)=O)cc2)C1=O)C(C)c1ccccc1. The molecule has 1 fully saturated rings. The number of amides is 3. The van der Waals surface area contributed by atoms with Crippen LogP contribution in [-0.2, 0) is 24.4 Å². The summed E-state index contributed by atoms with van der Waals surface area (Å²) >= 11 is 0. The van der Waals surface area contributed by atoms with Crippen molar-refractivity contribution in [2.24, 2.45) is 5.14 Å². The van der Waals surface area contributed by atoms with Crippen molar-refractivity contribution in [2.45, 2.75) is 37.2 Å². The average molecular weight is 415 g/mol. The minimum Gasteiger partial charge on any atom is -0.324 e. The van der Waals surface area contributed by atoms with Crippen molar-refractivity contribution >= 4 is 33.4 Å². The van der Waals surface area contributed by atoms with Gasteiger partial charge in [-0.05, 0) is 36.8 Å². The smallest absolute Gasteiger partial charge is 0.257 e. The van der Waals surface area contributed by atoms with E-state index in [9.17, 15) is 22.8 Å². The Labute approximate surface area is 169 Å². The van der Waals surface area contributed by atoms with Crippen LogP contribution in [0.3, 0.4) is 0 Å². The first-order valence-electron chi connectivity index (χ1n) is 8.94. The van der Waals surface area contributed by atoms with Crippen LogP contribution >= 0.6 is 0 Å². The second-order valence-corrected chi connectivity index (χ2v) is 8.40. The number of carbonyl (C=O) groups excluding carboxylic acids is 3. The Bertz CT molecular complexity index is 1050. The second kappa shape index (κ2) is 7.76. The normalized spacial score (nSPS) is 18.0. The van der Waals surface area contributed by atoms with Crippen molar-refractivity contribution in [1.29, 1.82) is 0 Å². The minimum atomic E-state index is -3.89. The van der Waals surface area contributed by atoms with Gasteiger partial charge in [-0.25, -0.2) is 18.5 Å². The van der Waals surface area contributed by atoms with Gasteiger partial charge in [0.05, 0.1) is 23.0 Å². The van der Waals surface area contributed by atoms with Gasteiger partial charge in [0.15, 0.2) is 0 Å². The summed E-state index contributed by atoms with van der Waals surface area (Å²) in [6, 6.07) is 13.0. The first-order chi connectivity index (χ1) is 13.6. The summed E-state index contributed by atoms with van der Waals surface area (Å²) in [4.78, 5) is 40.3. The fourth-order valence-corrected chi connectivity index (χ4v) is 4.06. The molecule has 1 heterocycles. The standard InChI is InChI=1S/C20H21N3O5S/c1-13(15-6-4-3-5-7-15)22(14(2)24)18-12-19(25)23(20(18)26)16-8-10-17(11-9-16)29(21,27)28/h3-11,13,18H,12H2,1-2H3,(H2,21,27,28). The third kappa shape index (κ3) is 4.06. The molecule has 152 valence electrons. The van der Waals surface area contributed by atoms with E-state index < -0.39 is 33.9 Å². The molecule has 3 amide bonds. The zero-order chi connectivity index (χ0) is 21.3. The van der Waals surface area contributed by atoms with Gasteiger partial charge in [0.2, 0.25) is 21.8 Å². The van der Waals surface area contributed by atoms with E-state index in [0.717, 1.165) is 10.5 Å². The molecular weight excluding hydrogens is 394 g/mol. The van der Waals surface area contributed by atoms with Crippen LogP contribution in [-0.4, -0.2) is 37.1 Å². The number of hydrogen-bond donors (Lipinski definition) is 1. The molecular formula is C20H21N3O5S. The number of anilines is 1. The summed E-state index contributed by atoms with van der Waals surface area (Å²) in [5, 5.41) is 5.08. The molecule has 0 aromatic heterocycles. The molecule has 29 heavy (non-hydrogen) atoms. The molecule has 0 saturated carbocycles. The van der Waals surface area contributed by atoms with Gasteiger partial charge in [-0.15, -0.1) is 0 Å². The topological polar surface area (TPSA) is 118 Å². The van der Waals surface area contributed by atoms with E-state index in [1.165, 1.54) is 36.1 Å². The molecule has 2 aromatic rings. The van der Waals surface area contributed by atoms with Gasteiger partial charge >= 0.3 is 0 Å². The number of rotatable bonds is 5. The zero-order valence-corrected chi connectivity index (χ0v) is 16.8. The highest BCUT2D eigenvalue weighted by atomic mass is 32.2. The fourth-order valence-electron chi connectivity index (χ4n) is 3.54. The van der Waals surface area contributed by atoms with E-state index in [1.807, 2.05) is 30.3 Å². The number of benzene rings is 2. The molecule has 2 N–H and O–H groups in total. The Balaban J connectivity index is 1.91. The minimum absolute atomic E-state index is 0.125. The lowest BCUT2D eigenvalue weighted by atomic mass is 10.0. The molecule has 2 atom stereocenters. The van der Waals surface area contributed by atoms with Gasteiger partial charge in [0.1, 0.15) is 6.04 Å². The maximum atomic E-state index is 13.0. The molecule has 2 unspecified atom stereocenters. The highest BCUT2D eigenvalue weighted by Crippen LogP contribution is 2.31. The number of nitrogens with zero attached hydrogens (tertiary/aromatic N) is 2. The molecule has 0 bridgehead atoms. The van der Waals surface area contributed by atoms with Gasteiger partial charge in [-0.3, -0.25) is 14.4 Å². The number of primary sulfonamides is 1. The molecule has 0 radical (unpaired) electrons. The average Bonchev–Trinajstić information content (AvgIpc) is 2.95. The van der Waals surface area contributed by atoms with E-state index in [0.29, 0.717) is 0 Å². The lowest BCUT2D eigenvalue weighted by Crippen LogP contribution is -2.45. The monoisotopic (exact) mass is 415 g/mol. The third-order valence-corrected chi connectivity index (χ3v) is 5.87. The molecule has 1 aliphatic heterocycles. The quantitative estimate of drug-likeness (QED) is 0.744. The summed E-state index contributed by atoms with van der Waals surface area (Å²) in [6.07, 6.45) is -0.146. The Kier molecular flexibility index (Phi) is 5.54. The number of carbonyl (C=O) groups is 3. The van der Waals surface area contributed by atoms with Crippen molar-refractivity contribution < 1.29 is 22.8 Å². The molecule has 0 aliphatic carbocycles. The van der Waals surface area contributed by atoms with Crippen LogP contribution < -0.4 is 10.0 Å². The Hall–Kier alpha value is -3.04. The highest BCUT2D eigenvalue weighted by molar-refractivity contribution is 7.89. The predicted molar refractivity (Wildman–Crippen MR) is 106 cm³/mol. The Morgan fingerprint density at radius 3 is 2.21 bits per heavy atom. The van der Waals surface area contributed by atoms with Crippen LogP contribution in [0.25, 0.3) is 0 Å². The molecule has 1 saturated heterocycles. The number of imide groups is 1. The van der Waals surface area contributed by atoms with Crippen molar-refractivity contribution in [3.63, 3.8) is 0 Å². The van der Waals surface area contributed by atoms with Crippen molar-refractivity contribution in [2.75, 3.05) is 4.90 Å². The van der Waals surface area contributed by atoms with Crippen molar-refractivity contribution in [3.05, 3.63) is 60.2 Å². The lowest BCUT2D eigenvalue weighted by Gasteiger charge is -2.32. The molecule has 1 aliphatic rings. The van der Waals surface area contributed by atoms with Gasteiger partial charge in [0, 0.05) is 6.92 Å². The molecule has 9 heteroatoms. The predicted octanol–water partition coefficient (Wildman–Crippen LogP) is 1.58. The fraction of sp³-hybridized carbons (Fsp3) is 0.250. The van der Waals surface area contributed by atoms with E-state index >= 15 is 0 Å². The highest BCUT2D eigenvalue weighted by Gasteiger charge is 2.45. The lowest BCUT2D eigenvalue weighted by molar-refractivity contribution is -0.139. The summed E-state index contributed by atoms with van der Waals surface area (Å²) in [5.74, 6) is -1.31. The third-order valence-electron chi connectivity index (χ3n) is 4.94. The summed E-state index contributed by atoms with van der Waals surface area (Å²) in [7, 11) is -3.89. The van der Waals surface area contributed by atoms with Crippen LogP contribution in [0.1, 0.15) is 31.9 Å². The number of hydrogen-bond acceptors (Lipinski definition) is 5. The summed E-state index contributed by atoms with van der Waals surface area (Å²) < 4.78 is 22.8. The van der Waals surface area contributed by atoms with Crippen LogP contribution in [0.15, 0.2) is 59.5 Å². The number of sulfonamides is 1. The zero-order valence-electron chi connectivity index (χ0n) is 16.0. The van der Waals surface area contributed by atoms with E-state index in [4.69, 9.17) is 5.14 Å². The second-order valence-electron chi connectivity index (χ2n) is 6.84. The van der Waals surface area contributed by atoms with Crippen LogP contribution in [0.5, 0.6) is 0 Å². The van der Waals surface area contributed by atoms with Crippen LogP contribution in [0.4, 0.5) is 5.69 Å². The van der Waals surface area contributed by atoms with Gasteiger partial charge in [-0.1, -0.05) is 30.3 Å². The number of nitrogens with two attached hydrogens (primary N) is 1. The molecule has 0 spiro atoms. The van der Waals surface area contributed by atoms with Gasteiger partial charge < -0.3 is 4.90 Å². The Morgan fingerprint density at radius 1 is 1.10 bits per heavy atom. The van der Waals surface area contributed by atoms with E-state index in [2.05, 4.69) is 0 Å². The van der Waals surface area contributed by atoms with E-state index in [1.54, 1.807) is 6.92 Å². The maximum absolute atomic E-state index is 13.0. The van der Waals surface area contributed by atoms with Crippen molar-refractivity contribution in [3.8, 4) is 0 Å². The largest absolute Gasteiger partial charge is 0.324 e. The molecule has 8 nitrogen and oxygen atoms in total. The van der Waals surface area contributed by atoms with Crippen LogP contribution in [0.2, 0.25) is 0 Å². The van der Waals surface area contributed by atoms with Crippen molar-refractivity contribution in [1.82, 2.24) is 4.90 Å².